The Morgan fingerprint density at radius 1 is 0.969 bits per heavy atom. The van der Waals surface area contributed by atoms with Gasteiger partial charge in [-0.1, -0.05) is 47.5 Å². The number of fused-ring (bicyclic) bond motifs is 1. The van der Waals surface area contributed by atoms with Crippen molar-refractivity contribution in [1.82, 2.24) is 20.4 Å². The van der Waals surface area contributed by atoms with E-state index in [1.54, 1.807) is 12.1 Å². The molecule has 1 aliphatic carbocycles. The maximum atomic E-state index is 12.9. The number of aromatic nitrogens is 2. The van der Waals surface area contributed by atoms with Crippen LogP contribution in [0.5, 0.6) is 0 Å². The summed E-state index contributed by atoms with van der Waals surface area (Å²) < 4.78 is 0. The van der Waals surface area contributed by atoms with Crippen molar-refractivity contribution in [3.8, 4) is 0 Å². The van der Waals surface area contributed by atoms with Crippen molar-refractivity contribution in [1.29, 1.82) is 0 Å². The molecule has 3 aromatic rings. The zero-order chi connectivity index (χ0) is 22.2. The fraction of sp³-hybridized carbons (Fsp3) is 0.333. The van der Waals surface area contributed by atoms with Gasteiger partial charge in [0.05, 0.1) is 15.6 Å². The molecule has 1 saturated carbocycles. The molecule has 2 aliphatic rings. The number of rotatable bonds is 4. The van der Waals surface area contributed by atoms with E-state index < -0.39 is 0 Å². The second kappa shape index (κ2) is 8.68. The first-order chi connectivity index (χ1) is 15.5. The van der Waals surface area contributed by atoms with Crippen LogP contribution < -0.4 is 5.32 Å². The van der Waals surface area contributed by atoms with Crippen LogP contribution in [0.3, 0.4) is 0 Å². The minimum atomic E-state index is -0.227. The van der Waals surface area contributed by atoms with Crippen LogP contribution in [0.1, 0.15) is 41.2 Å². The van der Waals surface area contributed by atoms with Crippen LogP contribution >= 0.6 is 23.2 Å². The van der Waals surface area contributed by atoms with Gasteiger partial charge in [0.2, 0.25) is 5.91 Å². The van der Waals surface area contributed by atoms with Gasteiger partial charge in [-0.25, -0.2) is 0 Å². The highest BCUT2D eigenvalue weighted by Gasteiger charge is 2.46. The lowest BCUT2D eigenvalue weighted by atomic mass is 10.0. The largest absolute Gasteiger partial charge is 0.348 e. The number of carbonyl (C=O) groups is 2. The standard InChI is InChI=1S/C24H22Cl2N4O2/c25-19-6-5-14(11-20(19)26)17-13-18(17)24(32)30-9-7-16(8-10-30)27-23(31)22-12-15-3-1-2-4-21(15)28-29-22/h1-6,11-12,16-18H,7-10,13H2,(H,27,31)/t17-,18+/m0/s1. The van der Waals surface area contributed by atoms with Gasteiger partial charge in [0.25, 0.3) is 5.91 Å². The first kappa shape index (κ1) is 21.2. The Kier molecular flexibility index (Phi) is 5.74. The highest BCUT2D eigenvalue weighted by Crippen LogP contribution is 2.49. The third-order valence-electron chi connectivity index (χ3n) is 6.35. The monoisotopic (exact) mass is 468 g/mol. The molecule has 2 atom stereocenters. The Bertz CT molecular complexity index is 1190. The van der Waals surface area contributed by atoms with Crippen molar-refractivity contribution in [2.24, 2.45) is 5.92 Å². The molecule has 0 bridgehead atoms. The van der Waals surface area contributed by atoms with Crippen LogP contribution in [0, 0.1) is 5.92 Å². The molecule has 1 N–H and O–H groups in total. The molecule has 2 heterocycles. The molecular weight excluding hydrogens is 447 g/mol. The van der Waals surface area contributed by atoms with E-state index in [1.807, 2.05) is 41.3 Å². The molecule has 2 amide bonds. The Morgan fingerprint density at radius 2 is 1.75 bits per heavy atom. The van der Waals surface area contributed by atoms with Gasteiger partial charge in [-0.05, 0) is 55.0 Å². The summed E-state index contributed by atoms with van der Waals surface area (Å²) in [5.41, 5.74) is 2.14. The number of piperidine rings is 1. The quantitative estimate of drug-likeness (QED) is 0.612. The summed E-state index contributed by atoms with van der Waals surface area (Å²) >= 11 is 12.1. The zero-order valence-corrected chi connectivity index (χ0v) is 18.8. The Morgan fingerprint density at radius 3 is 2.53 bits per heavy atom. The second-order valence-corrected chi connectivity index (χ2v) is 9.30. The van der Waals surface area contributed by atoms with Crippen LogP contribution in [0.4, 0.5) is 0 Å². The lowest BCUT2D eigenvalue weighted by molar-refractivity contribution is -0.133. The number of likely N-dealkylation sites (tertiary alicyclic amines) is 1. The van der Waals surface area contributed by atoms with Crippen molar-refractivity contribution in [2.45, 2.75) is 31.2 Å². The van der Waals surface area contributed by atoms with Gasteiger partial charge >= 0.3 is 0 Å². The van der Waals surface area contributed by atoms with Crippen LogP contribution in [0.25, 0.3) is 10.9 Å². The van der Waals surface area contributed by atoms with Gasteiger partial charge in [0, 0.05) is 30.4 Å². The molecular formula is C24H22Cl2N4O2. The number of nitrogens with zero attached hydrogens (tertiary/aromatic N) is 3. The molecule has 0 spiro atoms. The molecule has 32 heavy (non-hydrogen) atoms. The number of carbonyl (C=O) groups excluding carboxylic acids is 2. The summed E-state index contributed by atoms with van der Waals surface area (Å²) in [6.45, 7) is 1.27. The summed E-state index contributed by atoms with van der Waals surface area (Å²) in [6, 6.07) is 14.9. The zero-order valence-electron chi connectivity index (χ0n) is 17.3. The highest BCUT2D eigenvalue weighted by atomic mass is 35.5. The van der Waals surface area contributed by atoms with Crippen molar-refractivity contribution >= 4 is 45.9 Å². The molecule has 1 saturated heterocycles. The smallest absolute Gasteiger partial charge is 0.272 e. The van der Waals surface area contributed by atoms with Crippen molar-refractivity contribution in [2.75, 3.05) is 13.1 Å². The Hall–Kier alpha value is -2.70. The van der Waals surface area contributed by atoms with Crippen molar-refractivity contribution in [3.63, 3.8) is 0 Å². The molecule has 2 fully saturated rings. The molecule has 5 rings (SSSR count). The fourth-order valence-corrected chi connectivity index (χ4v) is 4.72. The van der Waals surface area contributed by atoms with E-state index in [0.717, 1.165) is 35.7 Å². The van der Waals surface area contributed by atoms with Crippen LogP contribution in [0.2, 0.25) is 10.0 Å². The van der Waals surface area contributed by atoms with Gasteiger partial charge in [0.15, 0.2) is 5.69 Å². The second-order valence-electron chi connectivity index (χ2n) is 8.48. The third kappa shape index (κ3) is 4.30. The molecule has 6 nitrogen and oxygen atoms in total. The topological polar surface area (TPSA) is 75.2 Å². The molecule has 0 radical (unpaired) electrons. The van der Waals surface area contributed by atoms with E-state index in [1.165, 1.54) is 0 Å². The first-order valence-corrected chi connectivity index (χ1v) is 11.5. The Balaban J connectivity index is 1.14. The average molecular weight is 469 g/mol. The van der Waals surface area contributed by atoms with Gasteiger partial charge in [-0.2, -0.15) is 0 Å². The fourth-order valence-electron chi connectivity index (χ4n) is 4.41. The maximum absolute atomic E-state index is 12.9. The summed E-state index contributed by atoms with van der Waals surface area (Å²) in [5, 5.41) is 13.1. The number of hydrogen-bond donors (Lipinski definition) is 1. The number of halogens is 2. The van der Waals surface area contributed by atoms with E-state index in [4.69, 9.17) is 23.2 Å². The summed E-state index contributed by atoms with van der Waals surface area (Å²) in [7, 11) is 0. The predicted octanol–water partition coefficient (Wildman–Crippen LogP) is 4.46. The summed E-state index contributed by atoms with van der Waals surface area (Å²) in [6.07, 6.45) is 2.29. The summed E-state index contributed by atoms with van der Waals surface area (Å²) in [5.74, 6) is 0.175. The van der Waals surface area contributed by atoms with Crippen molar-refractivity contribution < 1.29 is 9.59 Å². The number of benzene rings is 2. The lowest BCUT2D eigenvalue weighted by Gasteiger charge is -2.32. The number of hydrogen-bond acceptors (Lipinski definition) is 4. The number of amides is 2. The minimum Gasteiger partial charge on any atom is -0.348 e. The molecule has 1 aliphatic heterocycles. The van der Waals surface area contributed by atoms with Gasteiger partial charge in [-0.15, -0.1) is 10.2 Å². The minimum absolute atomic E-state index is 0.00579. The average Bonchev–Trinajstić information content (AvgIpc) is 3.61. The molecule has 1 aromatic heterocycles. The van der Waals surface area contributed by atoms with Crippen LogP contribution in [-0.2, 0) is 4.79 Å². The van der Waals surface area contributed by atoms with E-state index >= 15 is 0 Å². The summed E-state index contributed by atoms with van der Waals surface area (Å²) in [4.78, 5) is 27.5. The van der Waals surface area contributed by atoms with Gasteiger partial charge in [-0.3, -0.25) is 9.59 Å². The van der Waals surface area contributed by atoms with E-state index in [0.29, 0.717) is 28.8 Å². The molecule has 8 heteroatoms. The predicted molar refractivity (Wildman–Crippen MR) is 124 cm³/mol. The molecule has 0 unspecified atom stereocenters. The van der Waals surface area contributed by atoms with Gasteiger partial charge < -0.3 is 10.2 Å². The SMILES string of the molecule is O=C(NC1CCN(C(=O)[C@@H]2C[C@H]2c2ccc(Cl)c(Cl)c2)CC1)c1cc2ccccc2nn1. The number of nitrogens with one attached hydrogen (secondary N) is 1. The lowest BCUT2D eigenvalue weighted by Crippen LogP contribution is -2.47. The molecule has 2 aromatic carbocycles. The van der Waals surface area contributed by atoms with Gasteiger partial charge in [0.1, 0.15) is 0 Å². The third-order valence-corrected chi connectivity index (χ3v) is 7.09. The maximum Gasteiger partial charge on any atom is 0.272 e. The highest BCUT2D eigenvalue weighted by molar-refractivity contribution is 6.42. The van der Waals surface area contributed by atoms with E-state index in [2.05, 4.69) is 15.5 Å². The van der Waals surface area contributed by atoms with Crippen molar-refractivity contribution in [3.05, 3.63) is 69.8 Å². The van der Waals surface area contributed by atoms with E-state index in [-0.39, 0.29) is 29.7 Å². The molecule has 164 valence electrons. The normalized spacial score (nSPS) is 20.9. The van der Waals surface area contributed by atoms with Crippen LogP contribution in [-0.4, -0.2) is 46.0 Å². The Labute approximate surface area is 195 Å². The first-order valence-electron chi connectivity index (χ1n) is 10.8. The van der Waals surface area contributed by atoms with E-state index in [9.17, 15) is 9.59 Å². The van der Waals surface area contributed by atoms with Crippen LogP contribution in [0.15, 0.2) is 48.5 Å².